The summed E-state index contributed by atoms with van der Waals surface area (Å²) >= 11 is 0. The predicted octanol–water partition coefficient (Wildman–Crippen LogP) is 5.55. The number of ether oxygens (including phenoxy) is 1. The Morgan fingerprint density at radius 1 is 0.960 bits per heavy atom. The first kappa shape index (κ1) is 18.0. The van der Waals surface area contributed by atoms with Crippen molar-refractivity contribution in [2.24, 2.45) is 23.7 Å². The lowest BCUT2D eigenvalue weighted by Crippen LogP contribution is -2.50. The summed E-state index contributed by atoms with van der Waals surface area (Å²) < 4.78 is 20.6. The summed E-state index contributed by atoms with van der Waals surface area (Å²) in [6.45, 7) is 3.10. The van der Waals surface area contributed by atoms with Crippen LogP contribution in [-0.4, -0.2) is 22.9 Å². The molecule has 3 fully saturated rings. The van der Waals surface area contributed by atoms with Gasteiger partial charge in [0.05, 0.1) is 12.2 Å². The predicted molar refractivity (Wildman–Crippen MR) is 97.9 cm³/mol. The fourth-order valence-electron chi connectivity index (χ4n) is 5.91. The van der Waals surface area contributed by atoms with E-state index in [1.807, 2.05) is 0 Å². The van der Waals surface area contributed by atoms with Crippen LogP contribution in [0.1, 0.15) is 84.0 Å². The molecule has 0 spiro atoms. The molecule has 2 nitrogen and oxygen atoms in total. The molecule has 5 aliphatic carbocycles. The Morgan fingerprint density at radius 2 is 1.52 bits per heavy atom. The average Bonchev–Trinajstić information content (AvgIpc) is 2.62. The van der Waals surface area contributed by atoms with Gasteiger partial charge in [-0.25, -0.2) is 4.39 Å². The SMILES string of the molecule is CC1CCC(C2CCC(COC34CCC(O)(C=C3F)CC4)CC2)CC1. The van der Waals surface area contributed by atoms with Crippen molar-refractivity contribution in [3.63, 3.8) is 0 Å². The summed E-state index contributed by atoms with van der Waals surface area (Å²) in [6, 6.07) is 0. The normalized spacial score (nSPS) is 47.6. The fraction of sp³-hybridized carbons (Fsp3) is 0.909. The summed E-state index contributed by atoms with van der Waals surface area (Å²) in [5, 5.41) is 10.2. The second-order valence-corrected chi connectivity index (χ2v) is 9.70. The van der Waals surface area contributed by atoms with Gasteiger partial charge in [0.25, 0.3) is 0 Å². The van der Waals surface area contributed by atoms with E-state index in [9.17, 15) is 9.50 Å². The molecule has 3 saturated carbocycles. The molecule has 142 valence electrons. The van der Waals surface area contributed by atoms with Gasteiger partial charge >= 0.3 is 0 Å². The standard InChI is InChI=1S/C22H35FO2/c1-16-2-6-18(7-3-16)19-8-4-17(5-9-19)15-25-22-12-10-21(24,11-13-22)14-20(22)23/h14,16-19,24H,2-13,15H2,1H3. The zero-order chi connectivity index (χ0) is 17.5. The Kier molecular flexibility index (Phi) is 5.00. The smallest absolute Gasteiger partial charge is 0.131 e. The first-order valence-electron chi connectivity index (χ1n) is 10.7. The molecule has 0 unspecified atom stereocenters. The molecule has 0 radical (unpaired) electrons. The van der Waals surface area contributed by atoms with Crippen LogP contribution in [0.3, 0.4) is 0 Å². The third kappa shape index (κ3) is 3.69. The third-order valence-electron chi connectivity index (χ3n) is 7.97. The van der Waals surface area contributed by atoms with Gasteiger partial charge in [-0.05, 0) is 94.0 Å². The van der Waals surface area contributed by atoms with Gasteiger partial charge in [-0.15, -0.1) is 0 Å². The molecule has 3 heteroatoms. The van der Waals surface area contributed by atoms with Crippen molar-refractivity contribution in [2.75, 3.05) is 6.61 Å². The molecule has 5 aliphatic rings. The Hall–Kier alpha value is -0.410. The van der Waals surface area contributed by atoms with E-state index < -0.39 is 11.2 Å². The van der Waals surface area contributed by atoms with Crippen molar-refractivity contribution in [1.29, 1.82) is 0 Å². The molecule has 0 aromatic heterocycles. The lowest BCUT2D eigenvalue weighted by Gasteiger charge is -2.47. The van der Waals surface area contributed by atoms with Crippen LogP contribution in [-0.2, 0) is 4.74 Å². The van der Waals surface area contributed by atoms with Crippen LogP contribution in [0.25, 0.3) is 0 Å². The van der Waals surface area contributed by atoms with Crippen molar-refractivity contribution < 1.29 is 14.2 Å². The largest absolute Gasteiger partial charge is 0.386 e. The number of halogens is 1. The van der Waals surface area contributed by atoms with Gasteiger partial charge in [0.1, 0.15) is 11.4 Å². The highest BCUT2D eigenvalue weighted by atomic mass is 19.1. The first-order chi connectivity index (χ1) is 12.0. The number of hydrogen-bond donors (Lipinski definition) is 1. The maximum Gasteiger partial charge on any atom is 0.131 e. The molecule has 0 heterocycles. The van der Waals surface area contributed by atoms with Gasteiger partial charge in [-0.2, -0.15) is 0 Å². The summed E-state index contributed by atoms with van der Waals surface area (Å²) in [5.41, 5.74) is -1.61. The summed E-state index contributed by atoms with van der Waals surface area (Å²) in [7, 11) is 0. The topological polar surface area (TPSA) is 29.5 Å². The van der Waals surface area contributed by atoms with Crippen molar-refractivity contribution in [2.45, 2.75) is 95.2 Å². The van der Waals surface area contributed by atoms with E-state index in [2.05, 4.69) is 6.92 Å². The number of aliphatic hydroxyl groups is 1. The first-order valence-corrected chi connectivity index (χ1v) is 10.7. The van der Waals surface area contributed by atoms with Crippen molar-refractivity contribution in [3.05, 3.63) is 11.9 Å². The van der Waals surface area contributed by atoms with E-state index in [0.29, 0.717) is 38.2 Å². The molecule has 2 bridgehead atoms. The Morgan fingerprint density at radius 3 is 2.08 bits per heavy atom. The second kappa shape index (κ2) is 6.96. The Labute approximate surface area is 152 Å². The van der Waals surface area contributed by atoms with E-state index in [1.165, 1.54) is 57.4 Å². The second-order valence-electron chi connectivity index (χ2n) is 9.70. The fourth-order valence-corrected chi connectivity index (χ4v) is 5.91. The third-order valence-corrected chi connectivity index (χ3v) is 7.97. The highest BCUT2D eigenvalue weighted by molar-refractivity contribution is 5.25. The molecule has 0 aromatic rings. The molecular weight excluding hydrogens is 315 g/mol. The lowest BCUT2D eigenvalue weighted by atomic mass is 9.68. The van der Waals surface area contributed by atoms with E-state index >= 15 is 0 Å². The van der Waals surface area contributed by atoms with Gasteiger partial charge < -0.3 is 9.84 Å². The van der Waals surface area contributed by atoms with Crippen molar-refractivity contribution in [1.82, 2.24) is 0 Å². The van der Waals surface area contributed by atoms with Gasteiger partial charge in [0.2, 0.25) is 0 Å². The summed E-state index contributed by atoms with van der Waals surface area (Å²) in [6.07, 6.45) is 14.9. The Balaban J connectivity index is 1.25. The van der Waals surface area contributed by atoms with Crippen LogP contribution < -0.4 is 0 Å². The monoisotopic (exact) mass is 350 g/mol. The minimum atomic E-state index is -0.898. The quantitative estimate of drug-likeness (QED) is 0.720. The van der Waals surface area contributed by atoms with E-state index in [1.54, 1.807) is 0 Å². The maximum absolute atomic E-state index is 14.4. The van der Waals surface area contributed by atoms with E-state index in [0.717, 1.165) is 17.8 Å². The lowest BCUT2D eigenvalue weighted by molar-refractivity contribution is -0.122. The van der Waals surface area contributed by atoms with E-state index in [4.69, 9.17) is 4.74 Å². The van der Waals surface area contributed by atoms with Crippen LogP contribution >= 0.6 is 0 Å². The number of rotatable bonds is 4. The minimum absolute atomic E-state index is 0.211. The molecule has 1 N–H and O–H groups in total. The molecule has 0 atom stereocenters. The summed E-state index contributed by atoms with van der Waals surface area (Å²) in [5.74, 6) is 3.22. The molecule has 0 amide bonds. The molecule has 5 rings (SSSR count). The molecule has 25 heavy (non-hydrogen) atoms. The molecule has 0 aromatic carbocycles. The summed E-state index contributed by atoms with van der Waals surface area (Å²) in [4.78, 5) is 0. The van der Waals surface area contributed by atoms with Crippen LogP contribution in [0.4, 0.5) is 4.39 Å². The maximum atomic E-state index is 14.4. The zero-order valence-electron chi connectivity index (χ0n) is 15.8. The minimum Gasteiger partial charge on any atom is -0.386 e. The van der Waals surface area contributed by atoms with E-state index in [-0.39, 0.29) is 5.83 Å². The van der Waals surface area contributed by atoms with Gasteiger partial charge in [-0.3, -0.25) is 0 Å². The average molecular weight is 351 g/mol. The van der Waals surface area contributed by atoms with Crippen LogP contribution in [0.15, 0.2) is 11.9 Å². The zero-order valence-corrected chi connectivity index (χ0v) is 15.8. The van der Waals surface area contributed by atoms with Gasteiger partial charge in [0.15, 0.2) is 0 Å². The highest BCUT2D eigenvalue weighted by Gasteiger charge is 2.50. The highest BCUT2D eigenvalue weighted by Crippen LogP contribution is 2.49. The molecule has 0 aliphatic heterocycles. The molecule has 0 saturated heterocycles. The molecular formula is C22H35FO2. The number of fused-ring (bicyclic) bond motifs is 2. The van der Waals surface area contributed by atoms with Crippen molar-refractivity contribution >= 4 is 0 Å². The Bertz CT molecular complexity index is 490. The van der Waals surface area contributed by atoms with Crippen LogP contribution in [0.5, 0.6) is 0 Å². The van der Waals surface area contributed by atoms with Crippen molar-refractivity contribution in [3.8, 4) is 0 Å². The van der Waals surface area contributed by atoms with Crippen LogP contribution in [0.2, 0.25) is 0 Å². The number of hydrogen-bond acceptors (Lipinski definition) is 2. The van der Waals surface area contributed by atoms with Gasteiger partial charge in [-0.1, -0.05) is 19.8 Å². The van der Waals surface area contributed by atoms with Gasteiger partial charge in [0, 0.05) is 0 Å². The van der Waals surface area contributed by atoms with Crippen LogP contribution in [0, 0.1) is 23.7 Å².